The lowest BCUT2D eigenvalue weighted by molar-refractivity contribution is 0.203. The monoisotopic (exact) mass is 498 g/mol. The summed E-state index contributed by atoms with van der Waals surface area (Å²) in [5.74, 6) is 0.885. The number of aryl methyl sites for hydroxylation is 1. The number of nitrogens with one attached hydrogen (secondary N) is 1. The molecule has 0 spiro atoms. The average Bonchev–Trinajstić information content (AvgIpc) is 3.37. The highest BCUT2D eigenvalue weighted by Gasteiger charge is 2.35. The summed E-state index contributed by atoms with van der Waals surface area (Å²) in [7, 11) is 0. The Labute approximate surface area is 214 Å². The van der Waals surface area contributed by atoms with Crippen molar-refractivity contribution >= 4 is 11.6 Å². The van der Waals surface area contributed by atoms with Crippen LogP contribution in [0, 0.1) is 12.7 Å². The fraction of sp³-hybridized carbons (Fsp3) is 0.207. The topological polar surface area (TPSA) is 80.5 Å². The van der Waals surface area contributed by atoms with Gasteiger partial charge in [0, 0.05) is 11.3 Å². The van der Waals surface area contributed by atoms with Crippen LogP contribution in [0.2, 0.25) is 0 Å². The van der Waals surface area contributed by atoms with Gasteiger partial charge in [-0.05, 0) is 56.2 Å². The molecule has 0 saturated heterocycles. The van der Waals surface area contributed by atoms with E-state index in [0.717, 1.165) is 22.4 Å². The van der Waals surface area contributed by atoms with Gasteiger partial charge >= 0.3 is 6.03 Å². The molecule has 5 rings (SSSR count). The number of rotatable bonds is 7. The minimum absolute atomic E-state index is 0.237. The van der Waals surface area contributed by atoms with Crippen LogP contribution in [0.25, 0.3) is 17.0 Å². The molecule has 0 radical (unpaired) electrons. The van der Waals surface area contributed by atoms with Gasteiger partial charge in [0.2, 0.25) is 5.82 Å². The predicted octanol–water partition coefficient (Wildman–Crippen LogP) is 6.28. The number of carbonyl (C=O) groups is 1. The first-order chi connectivity index (χ1) is 17.9. The smallest absolute Gasteiger partial charge is 0.322 e. The number of hydrogen-bond acceptors (Lipinski definition) is 5. The molecule has 8 heteroatoms. The van der Waals surface area contributed by atoms with Crippen LogP contribution in [-0.2, 0) is 6.54 Å². The number of urea groups is 1. The number of halogens is 1. The van der Waals surface area contributed by atoms with Crippen molar-refractivity contribution in [2.75, 3.05) is 6.61 Å². The highest BCUT2D eigenvalue weighted by atomic mass is 19.1. The zero-order chi connectivity index (χ0) is 25.9. The Hall–Kier alpha value is -4.46. The quantitative estimate of drug-likeness (QED) is 0.324. The van der Waals surface area contributed by atoms with Crippen LogP contribution in [0.4, 0.5) is 9.18 Å². The fourth-order valence-corrected chi connectivity index (χ4v) is 4.42. The van der Waals surface area contributed by atoms with Crippen molar-refractivity contribution < 1.29 is 18.4 Å². The van der Waals surface area contributed by atoms with Crippen LogP contribution < -0.4 is 10.1 Å². The fourth-order valence-electron chi connectivity index (χ4n) is 4.42. The number of hydrogen-bond donors (Lipinski definition) is 1. The number of nitrogens with zero attached hydrogens (tertiary/aromatic N) is 3. The normalized spacial score (nSPS) is 15.6. The third kappa shape index (κ3) is 5.09. The van der Waals surface area contributed by atoms with E-state index in [2.05, 4.69) is 15.5 Å². The minimum Gasteiger partial charge on any atom is -0.494 e. The summed E-state index contributed by atoms with van der Waals surface area (Å²) in [6.07, 6.45) is 0. The summed E-state index contributed by atoms with van der Waals surface area (Å²) in [6, 6.07) is 20.9. The minimum atomic E-state index is -0.500. The molecule has 2 amide bonds. The van der Waals surface area contributed by atoms with Gasteiger partial charge in [0.1, 0.15) is 11.6 Å². The number of benzene rings is 3. The summed E-state index contributed by atoms with van der Waals surface area (Å²) in [6.45, 7) is 6.69. The Morgan fingerprint density at radius 1 is 1.05 bits per heavy atom. The summed E-state index contributed by atoms with van der Waals surface area (Å²) in [4.78, 5) is 19.6. The van der Waals surface area contributed by atoms with Gasteiger partial charge in [-0.15, -0.1) is 0 Å². The van der Waals surface area contributed by atoms with Gasteiger partial charge in [0.25, 0.3) is 5.89 Å². The van der Waals surface area contributed by atoms with Gasteiger partial charge in [-0.2, -0.15) is 4.98 Å². The molecule has 0 saturated carbocycles. The molecule has 37 heavy (non-hydrogen) atoms. The van der Waals surface area contributed by atoms with E-state index < -0.39 is 6.04 Å². The number of amides is 2. The molecule has 3 aromatic carbocycles. The molecule has 1 aliphatic heterocycles. The molecule has 7 nitrogen and oxygen atoms in total. The maximum Gasteiger partial charge on any atom is 0.322 e. The standard InChI is InChI=1S/C29H27FN4O3/c1-4-36-24-10-5-7-20(15-24)17-34-19(3)25(26(31-29(34)35)21-13-11-18(2)12-14-21)28-32-27(33-37-28)22-8-6-9-23(30)16-22/h5-16,26H,4,17H2,1-3H3,(H,31,35). The van der Waals surface area contributed by atoms with Crippen molar-refractivity contribution in [3.63, 3.8) is 0 Å². The highest BCUT2D eigenvalue weighted by Crippen LogP contribution is 2.38. The lowest BCUT2D eigenvalue weighted by Gasteiger charge is -2.35. The molecular formula is C29H27FN4O3. The molecular weight excluding hydrogens is 471 g/mol. The molecule has 2 heterocycles. The van der Waals surface area contributed by atoms with Gasteiger partial charge in [-0.25, -0.2) is 9.18 Å². The van der Waals surface area contributed by atoms with Gasteiger partial charge < -0.3 is 14.6 Å². The second-order valence-corrected chi connectivity index (χ2v) is 8.89. The number of aromatic nitrogens is 2. The molecule has 0 fully saturated rings. The zero-order valence-corrected chi connectivity index (χ0v) is 20.9. The Balaban J connectivity index is 1.57. The number of allylic oxidation sites excluding steroid dienone is 1. The second-order valence-electron chi connectivity index (χ2n) is 8.89. The van der Waals surface area contributed by atoms with E-state index >= 15 is 0 Å². The average molecular weight is 499 g/mol. The molecule has 4 aromatic rings. The van der Waals surface area contributed by atoms with E-state index in [-0.39, 0.29) is 23.6 Å². The van der Waals surface area contributed by atoms with Gasteiger partial charge in [0.05, 0.1) is 24.8 Å². The van der Waals surface area contributed by atoms with Crippen molar-refractivity contribution in [3.8, 4) is 17.1 Å². The maximum absolute atomic E-state index is 13.8. The Kier molecular flexibility index (Phi) is 6.72. The van der Waals surface area contributed by atoms with Gasteiger partial charge in [0.15, 0.2) is 0 Å². The SMILES string of the molecule is CCOc1cccc(CN2C(=O)NC(c3ccc(C)cc3)C(c3nc(-c4cccc(F)c4)no3)=C2C)c1. The summed E-state index contributed by atoms with van der Waals surface area (Å²) < 4.78 is 25.1. The summed E-state index contributed by atoms with van der Waals surface area (Å²) in [5.41, 5.74) is 4.78. The first kappa shape index (κ1) is 24.2. The maximum atomic E-state index is 13.8. The van der Waals surface area contributed by atoms with E-state index in [1.54, 1.807) is 17.0 Å². The first-order valence-electron chi connectivity index (χ1n) is 12.1. The summed E-state index contributed by atoms with van der Waals surface area (Å²) in [5, 5.41) is 7.21. The summed E-state index contributed by atoms with van der Waals surface area (Å²) >= 11 is 0. The predicted molar refractivity (Wildman–Crippen MR) is 138 cm³/mol. The zero-order valence-electron chi connectivity index (χ0n) is 20.9. The van der Waals surface area contributed by atoms with Crippen LogP contribution in [0.15, 0.2) is 83.0 Å². The van der Waals surface area contributed by atoms with Crippen LogP contribution >= 0.6 is 0 Å². The molecule has 1 unspecified atom stereocenters. The Bertz CT molecular complexity index is 1460. The lowest BCUT2D eigenvalue weighted by atomic mass is 9.94. The number of ether oxygens (including phenoxy) is 1. The van der Waals surface area contributed by atoms with Crippen LogP contribution in [0.3, 0.4) is 0 Å². The van der Waals surface area contributed by atoms with E-state index in [1.807, 2.05) is 69.3 Å². The Morgan fingerprint density at radius 3 is 2.59 bits per heavy atom. The van der Waals surface area contributed by atoms with Gasteiger partial charge in [-0.3, -0.25) is 4.90 Å². The third-order valence-electron chi connectivity index (χ3n) is 6.30. The van der Waals surface area contributed by atoms with E-state index in [4.69, 9.17) is 9.26 Å². The first-order valence-corrected chi connectivity index (χ1v) is 12.1. The molecule has 1 atom stereocenters. The van der Waals surface area contributed by atoms with E-state index in [1.165, 1.54) is 12.1 Å². The van der Waals surface area contributed by atoms with Crippen molar-refractivity contribution in [1.29, 1.82) is 0 Å². The number of carbonyl (C=O) groups excluding carboxylic acids is 1. The molecule has 0 bridgehead atoms. The molecule has 1 aliphatic rings. The van der Waals surface area contributed by atoms with Crippen LogP contribution in [-0.4, -0.2) is 27.7 Å². The van der Waals surface area contributed by atoms with Crippen LogP contribution in [0.5, 0.6) is 5.75 Å². The van der Waals surface area contributed by atoms with Gasteiger partial charge in [-0.1, -0.05) is 59.3 Å². The van der Waals surface area contributed by atoms with Crippen molar-refractivity contribution in [3.05, 3.63) is 107 Å². The molecule has 1 aromatic heterocycles. The second kappa shape index (κ2) is 10.3. The van der Waals surface area contributed by atoms with Crippen molar-refractivity contribution in [2.45, 2.75) is 33.4 Å². The van der Waals surface area contributed by atoms with Crippen LogP contribution in [0.1, 0.15) is 42.5 Å². The largest absolute Gasteiger partial charge is 0.494 e. The molecule has 1 N–H and O–H groups in total. The molecule has 188 valence electrons. The lowest BCUT2D eigenvalue weighted by Crippen LogP contribution is -2.45. The third-order valence-corrected chi connectivity index (χ3v) is 6.30. The van der Waals surface area contributed by atoms with Crippen molar-refractivity contribution in [2.24, 2.45) is 0 Å². The van der Waals surface area contributed by atoms with Crippen molar-refractivity contribution in [1.82, 2.24) is 20.4 Å². The Morgan fingerprint density at radius 2 is 1.84 bits per heavy atom. The molecule has 0 aliphatic carbocycles. The van der Waals surface area contributed by atoms with E-state index in [0.29, 0.717) is 30.0 Å². The van der Waals surface area contributed by atoms with E-state index in [9.17, 15) is 9.18 Å². The highest BCUT2D eigenvalue weighted by molar-refractivity contribution is 5.87.